The molecular weight excluding hydrogens is 405 g/mol. The Bertz CT molecular complexity index is 955. The first-order valence-corrected chi connectivity index (χ1v) is 10.4. The maximum Gasteiger partial charge on any atom is 0.124 e. The standard InChI is InChI=1S/C22H25ClFN5O/c1-14-20(13-29-10-7-16(28-30)8-11-29)26-22(19-4-2-3-9-25-19)27-21(14)17-6-5-15(24)12-18(17)23/h2-6,9,12,21-22,26-27,30H,7-8,10-11,13H2,1H3. The van der Waals surface area contributed by atoms with Crippen LogP contribution in [0.1, 0.15) is 43.2 Å². The summed E-state index contributed by atoms with van der Waals surface area (Å²) in [4.78, 5) is 6.83. The molecule has 0 saturated carbocycles. The molecule has 3 N–H and O–H groups in total. The van der Waals surface area contributed by atoms with Gasteiger partial charge in [0.15, 0.2) is 0 Å². The zero-order chi connectivity index (χ0) is 21.1. The van der Waals surface area contributed by atoms with E-state index < -0.39 is 0 Å². The largest absolute Gasteiger partial charge is 0.411 e. The molecule has 2 aromatic rings. The van der Waals surface area contributed by atoms with E-state index in [0.29, 0.717) is 5.02 Å². The van der Waals surface area contributed by atoms with Crippen LogP contribution in [-0.4, -0.2) is 40.4 Å². The van der Waals surface area contributed by atoms with Gasteiger partial charge in [-0.3, -0.25) is 15.2 Å². The topological polar surface area (TPSA) is 72.8 Å². The van der Waals surface area contributed by atoms with Gasteiger partial charge in [-0.05, 0) is 42.3 Å². The summed E-state index contributed by atoms with van der Waals surface area (Å²) in [7, 11) is 0. The Labute approximate surface area is 180 Å². The number of halogens is 2. The number of rotatable bonds is 4. The number of aromatic nitrogens is 1. The molecule has 30 heavy (non-hydrogen) atoms. The molecule has 2 aliphatic rings. The highest BCUT2D eigenvalue weighted by atomic mass is 35.5. The van der Waals surface area contributed by atoms with Crippen LogP contribution in [0.3, 0.4) is 0 Å². The van der Waals surface area contributed by atoms with Crippen molar-refractivity contribution in [1.29, 1.82) is 0 Å². The van der Waals surface area contributed by atoms with Gasteiger partial charge in [-0.1, -0.05) is 28.9 Å². The van der Waals surface area contributed by atoms with E-state index in [2.05, 4.69) is 32.6 Å². The Morgan fingerprint density at radius 3 is 2.73 bits per heavy atom. The lowest BCUT2D eigenvalue weighted by Gasteiger charge is -2.38. The van der Waals surface area contributed by atoms with E-state index in [1.54, 1.807) is 12.3 Å². The van der Waals surface area contributed by atoms with Crippen molar-refractivity contribution in [2.24, 2.45) is 5.16 Å². The molecule has 0 radical (unpaired) electrons. The normalized spacial score (nSPS) is 22.7. The smallest absolute Gasteiger partial charge is 0.124 e. The minimum atomic E-state index is -0.351. The number of piperidine rings is 1. The third kappa shape index (κ3) is 4.48. The number of benzene rings is 1. The Hall–Kier alpha value is -2.48. The molecule has 0 spiro atoms. The van der Waals surface area contributed by atoms with Crippen LogP contribution in [0.15, 0.2) is 59.0 Å². The first-order chi connectivity index (χ1) is 14.5. The van der Waals surface area contributed by atoms with Gasteiger partial charge >= 0.3 is 0 Å². The zero-order valence-corrected chi connectivity index (χ0v) is 17.5. The number of oxime groups is 1. The fourth-order valence-corrected chi connectivity index (χ4v) is 4.30. The monoisotopic (exact) mass is 429 g/mol. The van der Waals surface area contributed by atoms with Crippen molar-refractivity contribution in [3.05, 3.63) is 76.0 Å². The lowest BCUT2D eigenvalue weighted by molar-refractivity contribution is 0.265. The van der Waals surface area contributed by atoms with Crippen molar-refractivity contribution in [3.63, 3.8) is 0 Å². The van der Waals surface area contributed by atoms with E-state index in [-0.39, 0.29) is 18.0 Å². The van der Waals surface area contributed by atoms with Gasteiger partial charge < -0.3 is 10.5 Å². The molecule has 1 aromatic heterocycles. The van der Waals surface area contributed by atoms with Crippen LogP contribution >= 0.6 is 11.6 Å². The highest BCUT2D eigenvalue weighted by Crippen LogP contribution is 2.35. The van der Waals surface area contributed by atoms with Crippen LogP contribution in [-0.2, 0) is 0 Å². The highest BCUT2D eigenvalue weighted by Gasteiger charge is 2.30. The maximum absolute atomic E-state index is 13.6. The number of likely N-dealkylation sites (tertiary alicyclic amines) is 1. The molecule has 6 nitrogen and oxygen atoms in total. The predicted octanol–water partition coefficient (Wildman–Crippen LogP) is 4.01. The summed E-state index contributed by atoms with van der Waals surface area (Å²) in [5.74, 6) is -0.351. The predicted molar refractivity (Wildman–Crippen MR) is 115 cm³/mol. The minimum Gasteiger partial charge on any atom is -0.411 e. The first kappa shape index (κ1) is 20.8. The molecule has 2 unspecified atom stereocenters. The average Bonchev–Trinajstić information content (AvgIpc) is 2.77. The van der Waals surface area contributed by atoms with Crippen molar-refractivity contribution in [2.75, 3.05) is 19.6 Å². The van der Waals surface area contributed by atoms with Gasteiger partial charge in [0.2, 0.25) is 0 Å². The van der Waals surface area contributed by atoms with Gasteiger partial charge in [-0.15, -0.1) is 0 Å². The summed E-state index contributed by atoms with van der Waals surface area (Å²) < 4.78 is 13.6. The average molecular weight is 430 g/mol. The van der Waals surface area contributed by atoms with Crippen LogP contribution in [0.25, 0.3) is 0 Å². The Kier molecular flexibility index (Phi) is 6.32. The van der Waals surface area contributed by atoms with Crippen molar-refractivity contribution in [3.8, 4) is 0 Å². The zero-order valence-electron chi connectivity index (χ0n) is 16.8. The molecule has 1 saturated heterocycles. The second-order valence-corrected chi connectivity index (χ2v) is 8.11. The van der Waals surface area contributed by atoms with E-state index in [9.17, 15) is 4.39 Å². The summed E-state index contributed by atoms with van der Waals surface area (Å²) in [6.45, 7) is 4.48. The van der Waals surface area contributed by atoms with Crippen LogP contribution in [0.5, 0.6) is 0 Å². The van der Waals surface area contributed by atoms with Gasteiger partial charge in [0, 0.05) is 49.4 Å². The van der Waals surface area contributed by atoms with E-state index >= 15 is 0 Å². The fraction of sp³-hybridized carbons (Fsp3) is 0.364. The summed E-state index contributed by atoms with van der Waals surface area (Å²) in [5.41, 5.74) is 4.76. The molecule has 1 aromatic carbocycles. The summed E-state index contributed by atoms with van der Waals surface area (Å²) in [6.07, 6.45) is 3.09. The third-order valence-electron chi connectivity index (χ3n) is 5.77. The van der Waals surface area contributed by atoms with Crippen molar-refractivity contribution in [2.45, 2.75) is 32.0 Å². The third-order valence-corrected chi connectivity index (χ3v) is 6.10. The molecule has 2 atom stereocenters. The van der Waals surface area contributed by atoms with Crippen LogP contribution < -0.4 is 10.6 Å². The van der Waals surface area contributed by atoms with Crippen LogP contribution in [0.2, 0.25) is 5.02 Å². The molecule has 158 valence electrons. The molecule has 4 rings (SSSR count). The Balaban J connectivity index is 1.64. The molecule has 0 amide bonds. The Morgan fingerprint density at radius 1 is 1.27 bits per heavy atom. The second kappa shape index (κ2) is 9.12. The number of nitrogens with one attached hydrogen (secondary N) is 2. The summed E-state index contributed by atoms with van der Waals surface area (Å²) in [6, 6.07) is 10.2. The van der Waals surface area contributed by atoms with Crippen LogP contribution in [0.4, 0.5) is 4.39 Å². The van der Waals surface area contributed by atoms with Gasteiger partial charge in [0.25, 0.3) is 0 Å². The Morgan fingerprint density at radius 2 is 2.07 bits per heavy atom. The number of pyridine rings is 1. The number of nitrogens with zero attached hydrogens (tertiary/aromatic N) is 3. The number of hydrogen-bond acceptors (Lipinski definition) is 6. The highest BCUT2D eigenvalue weighted by molar-refractivity contribution is 6.31. The number of hydrogen-bond donors (Lipinski definition) is 3. The molecule has 1 fully saturated rings. The van der Waals surface area contributed by atoms with E-state index in [1.165, 1.54) is 12.1 Å². The van der Waals surface area contributed by atoms with Gasteiger partial charge in [-0.25, -0.2) is 4.39 Å². The summed E-state index contributed by atoms with van der Waals surface area (Å²) >= 11 is 6.41. The minimum absolute atomic E-state index is 0.166. The molecular formula is C22H25ClFN5O. The molecule has 8 heteroatoms. The lowest BCUT2D eigenvalue weighted by Crippen LogP contribution is -2.46. The molecule has 2 aliphatic heterocycles. The molecule has 3 heterocycles. The SMILES string of the molecule is CC1=C(CN2CCC(=NO)CC2)NC(c2ccccn2)NC1c1ccc(F)cc1Cl. The van der Waals surface area contributed by atoms with Gasteiger partial charge in [-0.2, -0.15) is 0 Å². The lowest BCUT2D eigenvalue weighted by atomic mass is 9.94. The van der Waals surface area contributed by atoms with Crippen molar-refractivity contribution in [1.82, 2.24) is 20.5 Å². The van der Waals surface area contributed by atoms with Gasteiger partial charge in [0.1, 0.15) is 12.0 Å². The van der Waals surface area contributed by atoms with E-state index in [4.69, 9.17) is 16.8 Å². The van der Waals surface area contributed by atoms with E-state index in [0.717, 1.165) is 60.7 Å². The molecule has 0 bridgehead atoms. The maximum atomic E-state index is 13.6. The fourth-order valence-electron chi connectivity index (χ4n) is 4.02. The van der Waals surface area contributed by atoms with Crippen LogP contribution in [0, 0.1) is 5.82 Å². The summed E-state index contributed by atoms with van der Waals surface area (Å²) in [5, 5.41) is 19.9. The second-order valence-electron chi connectivity index (χ2n) is 7.70. The van der Waals surface area contributed by atoms with Crippen molar-refractivity contribution < 1.29 is 9.60 Å². The first-order valence-electron chi connectivity index (χ1n) is 10.1. The van der Waals surface area contributed by atoms with Gasteiger partial charge in [0.05, 0.1) is 17.4 Å². The molecule has 0 aliphatic carbocycles. The van der Waals surface area contributed by atoms with E-state index in [1.807, 2.05) is 18.2 Å². The quantitative estimate of drug-likeness (QED) is 0.506. The van der Waals surface area contributed by atoms with Crippen molar-refractivity contribution >= 4 is 17.3 Å².